The lowest BCUT2D eigenvalue weighted by atomic mass is 10.0. The van der Waals surface area contributed by atoms with E-state index >= 15 is 0 Å². The summed E-state index contributed by atoms with van der Waals surface area (Å²) in [5.41, 5.74) is 8.29. The van der Waals surface area contributed by atoms with Gasteiger partial charge in [0.15, 0.2) is 0 Å². The van der Waals surface area contributed by atoms with E-state index in [9.17, 15) is 0 Å². The van der Waals surface area contributed by atoms with Gasteiger partial charge >= 0.3 is 0 Å². The van der Waals surface area contributed by atoms with E-state index in [1.54, 1.807) is 0 Å². The van der Waals surface area contributed by atoms with E-state index in [2.05, 4.69) is 44.9 Å². The van der Waals surface area contributed by atoms with Crippen LogP contribution in [-0.2, 0) is 6.42 Å². The van der Waals surface area contributed by atoms with Gasteiger partial charge in [0.1, 0.15) is 0 Å². The maximum Gasteiger partial charge on any atom is 0.0459 e. The van der Waals surface area contributed by atoms with Crippen LogP contribution in [0, 0.1) is 0 Å². The zero-order valence-electron chi connectivity index (χ0n) is 11.9. The van der Waals surface area contributed by atoms with Crippen molar-refractivity contribution in [3.63, 3.8) is 0 Å². The maximum absolute atomic E-state index is 6.34. The Bertz CT molecular complexity index is 379. The molecule has 18 heavy (non-hydrogen) atoms. The average molecular weight is 269 g/mol. The highest BCUT2D eigenvalue weighted by Crippen LogP contribution is 2.25. The fourth-order valence-electron chi connectivity index (χ4n) is 1.88. The Labute approximate surface area is 116 Å². The fraction of sp³-hybridized carbons (Fsp3) is 0.600. The molecule has 1 aromatic carbocycles. The van der Waals surface area contributed by atoms with Crippen LogP contribution < -0.4 is 10.6 Å². The van der Waals surface area contributed by atoms with E-state index in [1.807, 2.05) is 6.07 Å². The standard InChI is InChI=1S/C15H25ClN2/c1-5-11(3)18(4)14-8-7-12(15(16)10-14)9-13(17)6-2/h7-8,10-11,13H,5-6,9,17H2,1-4H3. The molecule has 0 spiro atoms. The molecule has 0 aliphatic heterocycles. The summed E-state index contributed by atoms with van der Waals surface area (Å²) in [6.07, 6.45) is 2.95. The molecule has 102 valence electrons. The number of nitrogens with zero attached hydrogens (tertiary/aromatic N) is 1. The number of nitrogens with two attached hydrogens (primary N) is 1. The molecule has 2 atom stereocenters. The van der Waals surface area contributed by atoms with Gasteiger partial charge in [-0.05, 0) is 43.9 Å². The number of hydrogen-bond acceptors (Lipinski definition) is 2. The Morgan fingerprint density at radius 3 is 2.44 bits per heavy atom. The van der Waals surface area contributed by atoms with E-state index in [1.165, 1.54) is 5.69 Å². The fourth-order valence-corrected chi connectivity index (χ4v) is 2.13. The second-order valence-corrected chi connectivity index (χ2v) is 5.42. The van der Waals surface area contributed by atoms with Crippen LogP contribution in [-0.4, -0.2) is 19.1 Å². The van der Waals surface area contributed by atoms with E-state index < -0.39 is 0 Å². The molecule has 2 N–H and O–H groups in total. The smallest absolute Gasteiger partial charge is 0.0459 e. The Hall–Kier alpha value is -0.730. The molecule has 0 amide bonds. The normalized spacial score (nSPS) is 14.3. The van der Waals surface area contributed by atoms with Gasteiger partial charge in [0, 0.05) is 29.8 Å². The summed E-state index contributed by atoms with van der Waals surface area (Å²) in [6.45, 7) is 6.51. The summed E-state index contributed by atoms with van der Waals surface area (Å²) in [6, 6.07) is 7.00. The van der Waals surface area contributed by atoms with E-state index in [-0.39, 0.29) is 6.04 Å². The van der Waals surface area contributed by atoms with Crippen molar-refractivity contribution in [3.05, 3.63) is 28.8 Å². The van der Waals surface area contributed by atoms with Crippen molar-refractivity contribution in [2.24, 2.45) is 5.73 Å². The lowest BCUT2D eigenvalue weighted by molar-refractivity contribution is 0.645. The van der Waals surface area contributed by atoms with Crippen LogP contribution in [0.5, 0.6) is 0 Å². The lowest BCUT2D eigenvalue weighted by Gasteiger charge is -2.26. The Balaban J connectivity index is 2.85. The molecular weight excluding hydrogens is 244 g/mol. The zero-order valence-corrected chi connectivity index (χ0v) is 12.7. The largest absolute Gasteiger partial charge is 0.372 e. The van der Waals surface area contributed by atoms with Gasteiger partial charge in [-0.25, -0.2) is 0 Å². The minimum atomic E-state index is 0.195. The molecule has 0 aromatic heterocycles. The summed E-state index contributed by atoms with van der Waals surface area (Å²) in [4.78, 5) is 2.26. The molecule has 0 saturated carbocycles. The van der Waals surface area contributed by atoms with Gasteiger partial charge in [-0.15, -0.1) is 0 Å². The van der Waals surface area contributed by atoms with Crippen molar-refractivity contribution >= 4 is 17.3 Å². The third-order valence-corrected chi connectivity index (χ3v) is 4.05. The maximum atomic E-state index is 6.34. The Morgan fingerprint density at radius 1 is 1.28 bits per heavy atom. The van der Waals surface area contributed by atoms with Crippen LogP contribution >= 0.6 is 11.6 Å². The minimum absolute atomic E-state index is 0.195. The second-order valence-electron chi connectivity index (χ2n) is 5.02. The van der Waals surface area contributed by atoms with Crippen LogP contribution in [0.25, 0.3) is 0 Å². The molecule has 1 aromatic rings. The first-order valence-corrected chi connectivity index (χ1v) is 7.14. The molecule has 2 unspecified atom stereocenters. The van der Waals surface area contributed by atoms with Crippen molar-refractivity contribution in [2.75, 3.05) is 11.9 Å². The average Bonchev–Trinajstić information content (AvgIpc) is 2.38. The summed E-state index contributed by atoms with van der Waals surface area (Å²) in [5.74, 6) is 0. The van der Waals surface area contributed by atoms with Gasteiger partial charge < -0.3 is 10.6 Å². The highest BCUT2D eigenvalue weighted by molar-refractivity contribution is 6.31. The molecule has 0 saturated heterocycles. The van der Waals surface area contributed by atoms with Gasteiger partial charge in [-0.2, -0.15) is 0 Å². The quantitative estimate of drug-likeness (QED) is 0.849. The lowest BCUT2D eigenvalue weighted by Crippen LogP contribution is -2.28. The van der Waals surface area contributed by atoms with E-state index in [4.69, 9.17) is 17.3 Å². The summed E-state index contributed by atoms with van der Waals surface area (Å²) < 4.78 is 0. The Morgan fingerprint density at radius 2 is 1.94 bits per heavy atom. The predicted octanol–water partition coefficient (Wildman–Crippen LogP) is 3.85. The Kier molecular flexibility index (Phi) is 5.97. The number of benzene rings is 1. The first-order valence-electron chi connectivity index (χ1n) is 6.76. The van der Waals surface area contributed by atoms with Crippen LogP contribution in [0.15, 0.2) is 18.2 Å². The highest BCUT2D eigenvalue weighted by Gasteiger charge is 2.11. The number of hydrogen-bond donors (Lipinski definition) is 1. The van der Waals surface area contributed by atoms with Crippen molar-refractivity contribution < 1.29 is 0 Å². The first-order chi connectivity index (χ1) is 8.49. The van der Waals surface area contributed by atoms with Gasteiger partial charge in [0.2, 0.25) is 0 Å². The monoisotopic (exact) mass is 268 g/mol. The van der Waals surface area contributed by atoms with Crippen molar-refractivity contribution in [1.82, 2.24) is 0 Å². The molecular formula is C15H25ClN2. The number of halogens is 1. The molecule has 0 fully saturated rings. The first kappa shape index (κ1) is 15.3. The summed E-state index contributed by atoms with van der Waals surface area (Å²) in [5, 5.41) is 0.826. The van der Waals surface area contributed by atoms with E-state index in [0.717, 1.165) is 29.8 Å². The molecule has 0 aliphatic carbocycles. The van der Waals surface area contributed by atoms with Crippen LogP contribution in [0.1, 0.15) is 39.2 Å². The van der Waals surface area contributed by atoms with Gasteiger partial charge in [0.05, 0.1) is 0 Å². The molecule has 2 nitrogen and oxygen atoms in total. The topological polar surface area (TPSA) is 29.3 Å². The van der Waals surface area contributed by atoms with E-state index in [0.29, 0.717) is 6.04 Å². The molecule has 0 radical (unpaired) electrons. The van der Waals surface area contributed by atoms with Crippen LogP contribution in [0.2, 0.25) is 5.02 Å². The third kappa shape index (κ3) is 3.89. The van der Waals surface area contributed by atoms with Crippen molar-refractivity contribution in [3.8, 4) is 0 Å². The highest BCUT2D eigenvalue weighted by atomic mass is 35.5. The second kappa shape index (κ2) is 7.01. The van der Waals surface area contributed by atoms with Crippen LogP contribution in [0.4, 0.5) is 5.69 Å². The number of rotatable bonds is 6. The summed E-state index contributed by atoms with van der Waals surface area (Å²) in [7, 11) is 2.11. The van der Waals surface area contributed by atoms with Gasteiger partial charge in [-0.3, -0.25) is 0 Å². The molecule has 3 heteroatoms. The van der Waals surface area contributed by atoms with Gasteiger partial charge in [-0.1, -0.05) is 31.5 Å². The van der Waals surface area contributed by atoms with Crippen LogP contribution in [0.3, 0.4) is 0 Å². The predicted molar refractivity (Wildman–Crippen MR) is 81.6 cm³/mol. The molecule has 1 rings (SSSR count). The molecule has 0 bridgehead atoms. The van der Waals surface area contributed by atoms with Crippen molar-refractivity contribution in [1.29, 1.82) is 0 Å². The third-order valence-electron chi connectivity index (χ3n) is 3.70. The van der Waals surface area contributed by atoms with Crippen molar-refractivity contribution in [2.45, 2.75) is 52.1 Å². The SMILES string of the molecule is CCC(N)Cc1ccc(N(C)C(C)CC)cc1Cl. The minimum Gasteiger partial charge on any atom is -0.372 e. The molecule has 0 heterocycles. The van der Waals surface area contributed by atoms with Gasteiger partial charge in [0.25, 0.3) is 0 Å². The summed E-state index contributed by atoms with van der Waals surface area (Å²) >= 11 is 6.34. The molecule has 0 aliphatic rings. The number of anilines is 1. The zero-order chi connectivity index (χ0) is 13.7.